The Bertz CT molecular complexity index is 3060. The standard InChI is InChI=1S/C14H11BrO.C13H8BrO.C13H9BrO.C13H10O.C4H4BrNO2/c1-9-5-6-13-11(7-9)8-10-3-2-4-12(15)14(10)16-13;14-11-6-3-5-10-8-9-4-1-2-7-12(9)15-13(10)11;14-11-5-6-13-10(8-11)7-9-3-1-2-4-12(9)15-13;1-3-7-12-10(5-1)9-11-6-2-4-8-13(11)14-12;5-6-3(7)1-2-4(6)8/h2-7H,8H2,1H3;2-7H,8H2;1-6,8H,7H2;1-8H,9H2;1-2H2/q;+1;;;. The van der Waals surface area contributed by atoms with Crippen LogP contribution in [0.3, 0.4) is 0 Å². The molecule has 7 aromatic rings. The van der Waals surface area contributed by atoms with Crippen LogP contribution in [0.2, 0.25) is 0 Å². The van der Waals surface area contributed by atoms with E-state index in [0.717, 1.165) is 89.0 Å². The van der Waals surface area contributed by atoms with E-state index in [9.17, 15) is 9.59 Å². The highest BCUT2D eigenvalue weighted by Crippen LogP contribution is 2.42. The molecule has 1 saturated heterocycles. The lowest BCUT2D eigenvalue weighted by Crippen LogP contribution is -2.16. The molecule has 11 heteroatoms. The van der Waals surface area contributed by atoms with Gasteiger partial charge in [-0.25, -0.2) is 3.93 Å². The van der Waals surface area contributed by atoms with E-state index in [1.807, 2.05) is 103 Å². The number of allylic oxidation sites excluding steroid dienone is 5. The summed E-state index contributed by atoms with van der Waals surface area (Å²) in [6.45, 7) is 2.11. The van der Waals surface area contributed by atoms with Crippen LogP contribution in [-0.4, -0.2) is 15.7 Å². The zero-order valence-electron chi connectivity index (χ0n) is 36.7. The summed E-state index contributed by atoms with van der Waals surface area (Å²) in [7, 11) is 0. The largest absolute Gasteiger partial charge is 0.457 e. The van der Waals surface area contributed by atoms with Crippen LogP contribution in [0, 0.1) is 13.0 Å². The molecule has 0 N–H and O–H groups in total. The van der Waals surface area contributed by atoms with Crippen molar-refractivity contribution in [1.29, 1.82) is 0 Å². The Hall–Kier alpha value is -6.07. The fourth-order valence-electron chi connectivity index (χ4n) is 8.11. The molecule has 2 amide bonds. The Morgan fingerprint density at radius 2 is 0.956 bits per heavy atom. The van der Waals surface area contributed by atoms with Crippen LogP contribution >= 0.6 is 63.9 Å². The third-order valence-corrected chi connectivity index (χ3v) is 14.1. The summed E-state index contributed by atoms with van der Waals surface area (Å²) < 4.78 is 27.5. The molecule has 0 spiro atoms. The van der Waals surface area contributed by atoms with Gasteiger partial charge in [0.1, 0.15) is 58.0 Å². The average molecular weight is 1160 g/mol. The van der Waals surface area contributed by atoms with Gasteiger partial charge < -0.3 is 18.9 Å². The summed E-state index contributed by atoms with van der Waals surface area (Å²) in [5.41, 5.74) is 11.2. The molecule has 0 radical (unpaired) electrons. The lowest BCUT2D eigenvalue weighted by molar-refractivity contribution is -0.131. The summed E-state index contributed by atoms with van der Waals surface area (Å²) >= 11 is 13.3. The first kappa shape index (κ1) is 47.0. The smallest absolute Gasteiger partial charge is 0.242 e. The molecule has 0 aromatic heterocycles. The van der Waals surface area contributed by atoms with Crippen molar-refractivity contribution < 1.29 is 28.5 Å². The second-order valence-corrected chi connectivity index (χ2v) is 19.7. The van der Waals surface area contributed by atoms with E-state index in [-0.39, 0.29) is 11.8 Å². The summed E-state index contributed by atoms with van der Waals surface area (Å²) in [5, 5.41) is 0. The molecule has 1 fully saturated rings. The van der Waals surface area contributed by atoms with Gasteiger partial charge in [0.25, 0.3) is 0 Å². The first-order valence-electron chi connectivity index (χ1n) is 21.9. The van der Waals surface area contributed by atoms with E-state index in [1.165, 1.54) is 50.1 Å². The van der Waals surface area contributed by atoms with Crippen LogP contribution in [0.5, 0.6) is 40.2 Å². The number of nitrogens with zero attached hydrogens (tertiary/aromatic N) is 1. The van der Waals surface area contributed by atoms with Crippen molar-refractivity contribution in [1.82, 2.24) is 3.93 Å². The van der Waals surface area contributed by atoms with Gasteiger partial charge in [-0.05, 0) is 116 Å². The number of aryl methyl sites for hydroxylation is 1. The van der Waals surface area contributed by atoms with Gasteiger partial charge in [-0.3, -0.25) is 9.59 Å². The van der Waals surface area contributed by atoms with E-state index in [1.54, 1.807) is 0 Å². The number of hydrogen-bond donors (Lipinski definition) is 0. The molecule has 13 rings (SSSR count). The predicted octanol–water partition coefficient (Wildman–Crippen LogP) is 16.0. The predicted molar refractivity (Wildman–Crippen MR) is 280 cm³/mol. The maximum absolute atomic E-state index is 10.4. The third kappa shape index (κ3) is 11.1. The van der Waals surface area contributed by atoms with E-state index in [2.05, 4.69) is 138 Å². The summed E-state index contributed by atoms with van der Waals surface area (Å²) in [6, 6.07) is 49.3. The lowest BCUT2D eigenvalue weighted by Gasteiger charge is -2.21. The van der Waals surface area contributed by atoms with Crippen molar-refractivity contribution in [3.8, 4) is 40.2 Å². The molecule has 0 unspecified atom stereocenters. The van der Waals surface area contributed by atoms with Crippen molar-refractivity contribution in [3.63, 3.8) is 0 Å². The van der Waals surface area contributed by atoms with Gasteiger partial charge in [-0.15, -0.1) is 0 Å². The van der Waals surface area contributed by atoms with Gasteiger partial charge in [0.05, 0.1) is 37.6 Å². The Morgan fingerprint density at radius 3 is 1.54 bits per heavy atom. The number of carbonyl (C=O) groups is 2. The second-order valence-electron chi connectivity index (χ2n) is 16.4. The number of carbonyl (C=O) groups excluding carboxylic acids is 2. The highest BCUT2D eigenvalue weighted by molar-refractivity contribution is 9.11. The number of benzene rings is 7. The quantitative estimate of drug-likeness (QED) is 0.0856. The number of hydrogen-bond acceptors (Lipinski definition) is 6. The minimum absolute atomic E-state index is 0.144. The Labute approximate surface area is 429 Å². The molecule has 0 saturated carbocycles. The zero-order valence-corrected chi connectivity index (χ0v) is 43.1. The second kappa shape index (κ2) is 21.5. The van der Waals surface area contributed by atoms with E-state index in [4.69, 9.17) is 18.9 Å². The monoisotopic (exact) mass is 1150 g/mol. The highest BCUT2D eigenvalue weighted by atomic mass is 79.9. The molecule has 5 heterocycles. The van der Waals surface area contributed by atoms with Crippen LogP contribution in [0.4, 0.5) is 0 Å². The topological polar surface area (TPSA) is 74.3 Å². The van der Waals surface area contributed by atoms with Gasteiger partial charge in [0.2, 0.25) is 17.6 Å². The van der Waals surface area contributed by atoms with Gasteiger partial charge in [0.15, 0.2) is 0 Å². The third-order valence-electron chi connectivity index (χ3n) is 11.5. The molecule has 0 atom stereocenters. The van der Waals surface area contributed by atoms with Gasteiger partial charge >= 0.3 is 0 Å². The normalized spacial score (nSPS) is 14.4. The van der Waals surface area contributed by atoms with Crippen molar-refractivity contribution in [2.75, 3.05) is 0 Å². The van der Waals surface area contributed by atoms with E-state index >= 15 is 0 Å². The van der Waals surface area contributed by atoms with Gasteiger partial charge in [-0.1, -0.05) is 112 Å². The SMILES string of the molecule is Brc1ccc2c(c1)Cc1ccccc1O2.Brc1cccc2c1OC1=C(C=[C+]C=C1)C2.Cc1ccc2c(c1)Cc1cccc(Br)c1O2.O=C1CCC(=O)N1Br.c1ccc2c(c1)Cc1ccccc1O2. The zero-order chi connectivity index (χ0) is 47.1. The fourth-order valence-corrected chi connectivity index (χ4v) is 9.85. The molecule has 68 heavy (non-hydrogen) atoms. The number of para-hydroxylation sites is 5. The summed E-state index contributed by atoms with van der Waals surface area (Å²) in [5.74, 6) is 7.46. The Kier molecular flexibility index (Phi) is 14.9. The molecular weight excluding hydrogens is 1110 g/mol. The van der Waals surface area contributed by atoms with Crippen molar-refractivity contribution >= 4 is 75.8 Å². The number of halogens is 4. The maximum Gasteiger partial charge on any atom is 0.242 e. The van der Waals surface area contributed by atoms with Crippen LogP contribution in [0.15, 0.2) is 189 Å². The van der Waals surface area contributed by atoms with Crippen molar-refractivity contribution in [3.05, 3.63) is 239 Å². The van der Waals surface area contributed by atoms with Crippen LogP contribution in [-0.2, 0) is 35.3 Å². The average Bonchev–Trinajstić information content (AvgIpc) is 3.65. The highest BCUT2D eigenvalue weighted by Gasteiger charge is 2.27. The van der Waals surface area contributed by atoms with Gasteiger partial charge in [0, 0.05) is 59.3 Å². The Morgan fingerprint density at radius 1 is 0.485 bits per heavy atom. The molecule has 338 valence electrons. The van der Waals surface area contributed by atoms with Crippen LogP contribution < -0.4 is 18.9 Å². The minimum atomic E-state index is -0.144. The number of rotatable bonds is 0. The number of imide groups is 1. The molecule has 5 aliphatic heterocycles. The van der Waals surface area contributed by atoms with Crippen LogP contribution in [0.25, 0.3) is 0 Å². The number of ether oxygens (including phenoxy) is 4. The van der Waals surface area contributed by atoms with Crippen LogP contribution in [0.1, 0.15) is 57.3 Å². The van der Waals surface area contributed by atoms with Crippen molar-refractivity contribution in [2.45, 2.75) is 45.4 Å². The minimum Gasteiger partial charge on any atom is -0.457 e. The molecule has 7 nitrogen and oxygen atoms in total. The fraction of sp³-hybridized carbons (Fsp3) is 0.123. The maximum atomic E-state index is 10.4. The van der Waals surface area contributed by atoms with Crippen molar-refractivity contribution in [2.24, 2.45) is 0 Å². The summed E-state index contributed by atoms with van der Waals surface area (Å²) in [6.07, 6.45) is 13.4. The lowest BCUT2D eigenvalue weighted by atomic mass is 9.98. The first-order chi connectivity index (χ1) is 33.1. The molecule has 0 bridgehead atoms. The molecule has 6 aliphatic rings. The Balaban J connectivity index is 0.000000108. The molecule has 1 aliphatic carbocycles. The van der Waals surface area contributed by atoms with Gasteiger partial charge in [-0.2, -0.15) is 0 Å². The molecule has 7 aromatic carbocycles. The molecular formula is C57H42Br4NO6+. The number of amides is 2. The van der Waals surface area contributed by atoms with E-state index < -0.39 is 0 Å². The van der Waals surface area contributed by atoms with E-state index in [0.29, 0.717) is 12.8 Å². The first-order valence-corrected chi connectivity index (χ1v) is 25.0. The summed E-state index contributed by atoms with van der Waals surface area (Å²) in [4.78, 5) is 20.9. The number of fused-ring (bicyclic) bond motifs is 7.